The zero-order valence-electron chi connectivity index (χ0n) is 12.6. The van der Waals surface area contributed by atoms with E-state index in [1.54, 1.807) is 4.31 Å². The van der Waals surface area contributed by atoms with Crippen LogP contribution in [0.5, 0.6) is 0 Å². The summed E-state index contributed by atoms with van der Waals surface area (Å²) >= 11 is 0. The lowest BCUT2D eigenvalue weighted by Gasteiger charge is -2.38. The Bertz CT molecular complexity index is 346. The molecule has 1 aliphatic heterocycles. The summed E-state index contributed by atoms with van der Waals surface area (Å²) in [5, 5.41) is 3.22. The summed E-state index contributed by atoms with van der Waals surface area (Å²) < 4.78 is 26.2. The molecule has 0 aromatic heterocycles. The highest BCUT2D eigenvalue weighted by molar-refractivity contribution is 7.89. The van der Waals surface area contributed by atoms with Crippen LogP contribution in [0.15, 0.2) is 0 Å². The number of nitrogens with one attached hydrogen (secondary N) is 1. The van der Waals surface area contributed by atoms with E-state index < -0.39 is 10.0 Å². The second-order valence-electron chi connectivity index (χ2n) is 5.28. The summed E-state index contributed by atoms with van der Waals surface area (Å²) in [5.74, 6) is 0.290. The van der Waals surface area contributed by atoms with Crippen molar-refractivity contribution in [3.8, 4) is 0 Å². The minimum Gasteiger partial charge on any atom is -0.317 e. The molecule has 0 aromatic rings. The largest absolute Gasteiger partial charge is 0.317 e. The van der Waals surface area contributed by atoms with Crippen molar-refractivity contribution in [1.29, 1.82) is 0 Å². The van der Waals surface area contributed by atoms with Crippen molar-refractivity contribution in [3.05, 3.63) is 0 Å². The van der Waals surface area contributed by atoms with E-state index in [4.69, 9.17) is 0 Å². The van der Waals surface area contributed by atoms with Crippen LogP contribution in [0, 0.1) is 0 Å². The van der Waals surface area contributed by atoms with Gasteiger partial charge in [0.05, 0.1) is 5.75 Å². The number of piperazine rings is 1. The van der Waals surface area contributed by atoms with Gasteiger partial charge in [-0.3, -0.25) is 0 Å². The molecule has 1 aliphatic rings. The van der Waals surface area contributed by atoms with Crippen molar-refractivity contribution in [2.45, 2.75) is 39.2 Å². The van der Waals surface area contributed by atoms with E-state index in [0.717, 1.165) is 38.9 Å². The minimum absolute atomic E-state index is 0.290. The van der Waals surface area contributed by atoms with Gasteiger partial charge >= 0.3 is 0 Å². The molecule has 1 saturated heterocycles. The molecule has 1 heterocycles. The van der Waals surface area contributed by atoms with E-state index in [0.29, 0.717) is 24.9 Å². The van der Waals surface area contributed by atoms with Gasteiger partial charge in [0.15, 0.2) is 0 Å². The Labute approximate surface area is 118 Å². The van der Waals surface area contributed by atoms with Crippen LogP contribution >= 0.6 is 0 Å². The van der Waals surface area contributed by atoms with Gasteiger partial charge in [-0.05, 0) is 39.4 Å². The highest BCUT2D eigenvalue weighted by atomic mass is 32.2. The molecule has 0 amide bonds. The van der Waals surface area contributed by atoms with Crippen LogP contribution in [-0.4, -0.2) is 69.2 Å². The maximum atomic E-state index is 12.3. The van der Waals surface area contributed by atoms with Crippen LogP contribution in [-0.2, 0) is 10.0 Å². The lowest BCUT2D eigenvalue weighted by Crippen LogP contribution is -2.53. The molecule has 0 saturated carbocycles. The van der Waals surface area contributed by atoms with Crippen LogP contribution < -0.4 is 5.32 Å². The fraction of sp³-hybridized carbons (Fsp3) is 1.00. The summed E-state index contributed by atoms with van der Waals surface area (Å²) in [6.07, 6.45) is 2.68. The molecule has 0 spiro atoms. The number of hydrogen-bond donors (Lipinski definition) is 1. The molecular weight excluding hydrogens is 262 g/mol. The monoisotopic (exact) mass is 291 g/mol. The Hall–Kier alpha value is -0.170. The second kappa shape index (κ2) is 8.19. The Morgan fingerprint density at radius 2 is 1.95 bits per heavy atom. The van der Waals surface area contributed by atoms with Gasteiger partial charge in [-0.15, -0.1) is 0 Å². The zero-order valence-corrected chi connectivity index (χ0v) is 13.4. The Morgan fingerprint density at radius 1 is 1.21 bits per heavy atom. The lowest BCUT2D eigenvalue weighted by molar-refractivity contribution is 0.144. The number of unbranched alkanes of at least 4 members (excludes halogenated alkanes) is 1. The van der Waals surface area contributed by atoms with Crippen molar-refractivity contribution in [1.82, 2.24) is 14.5 Å². The molecule has 1 N–H and O–H groups in total. The highest BCUT2D eigenvalue weighted by Gasteiger charge is 2.30. The Kier molecular flexibility index (Phi) is 7.28. The quantitative estimate of drug-likeness (QED) is 0.670. The third kappa shape index (κ3) is 5.38. The molecule has 0 aromatic carbocycles. The first kappa shape index (κ1) is 16.9. The molecule has 0 bridgehead atoms. The van der Waals surface area contributed by atoms with Crippen LogP contribution in [0.1, 0.15) is 33.1 Å². The van der Waals surface area contributed by atoms with Crippen molar-refractivity contribution < 1.29 is 8.42 Å². The van der Waals surface area contributed by atoms with Crippen LogP contribution in [0.3, 0.4) is 0 Å². The molecule has 1 atom stereocenters. The fourth-order valence-electron chi connectivity index (χ4n) is 2.45. The maximum absolute atomic E-state index is 12.3. The number of nitrogens with zero attached hydrogens (tertiary/aromatic N) is 2. The van der Waals surface area contributed by atoms with Crippen molar-refractivity contribution in [2.24, 2.45) is 0 Å². The van der Waals surface area contributed by atoms with Gasteiger partial charge in [0.25, 0.3) is 0 Å². The molecule has 1 rings (SSSR count). The summed E-state index contributed by atoms with van der Waals surface area (Å²) in [4.78, 5) is 2.26. The Balaban J connectivity index is 2.40. The molecular formula is C13H29N3O2S. The average Bonchev–Trinajstić information content (AvgIpc) is 2.38. The number of sulfonamides is 1. The number of rotatable bonds is 8. The summed E-state index contributed by atoms with van der Waals surface area (Å²) in [7, 11) is -0.980. The van der Waals surface area contributed by atoms with Gasteiger partial charge in [-0.2, -0.15) is 4.31 Å². The number of likely N-dealkylation sites (N-methyl/N-ethyl adjacent to an activating group) is 1. The molecule has 0 radical (unpaired) electrons. The van der Waals surface area contributed by atoms with Crippen molar-refractivity contribution in [3.63, 3.8) is 0 Å². The van der Waals surface area contributed by atoms with Crippen molar-refractivity contribution in [2.75, 3.05) is 45.5 Å². The first-order chi connectivity index (χ1) is 9.01. The minimum atomic E-state index is -3.06. The van der Waals surface area contributed by atoms with Gasteiger partial charge < -0.3 is 10.2 Å². The lowest BCUT2D eigenvalue weighted by atomic mass is 10.1. The van der Waals surface area contributed by atoms with Gasteiger partial charge in [0.2, 0.25) is 10.0 Å². The van der Waals surface area contributed by atoms with E-state index in [-0.39, 0.29) is 0 Å². The fourth-order valence-corrected chi connectivity index (χ4v) is 4.04. The second-order valence-corrected chi connectivity index (χ2v) is 7.37. The molecule has 114 valence electrons. The van der Waals surface area contributed by atoms with Gasteiger partial charge in [-0.1, -0.05) is 13.8 Å². The summed E-state index contributed by atoms with van der Waals surface area (Å²) in [6, 6.07) is 0.366. The smallest absolute Gasteiger partial charge is 0.214 e. The SMILES string of the molecule is CCNCCCCS(=O)(=O)N1CCN(C)C(CC)C1. The van der Waals surface area contributed by atoms with Gasteiger partial charge in [-0.25, -0.2) is 8.42 Å². The third-order valence-corrected chi connectivity index (χ3v) is 5.78. The van der Waals surface area contributed by atoms with Crippen LogP contribution in [0.25, 0.3) is 0 Å². The zero-order chi connectivity index (χ0) is 14.3. The van der Waals surface area contributed by atoms with E-state index in [1.807, 2.05) is 0 Å². The Morgan fingerprint density at radius 3 is 2.58 bits per heavy atom. The number of hydrogen-bond acceptors (Lipinski definition) is 4. The maximum Gasteiger partial charge on any atom is 0.214 e. The molecule has 1 fully saturated rings. The molecule has 19 heavy (non-hydrogen) atoms. The van der Waals surface area contributed by atoms with Gasteiger partial charge in [0.1, 0.15) is 0 Å². The summed E-state index contributed by atoms with van der Waals surface area (Å²) in [6.45, 7) is 8.18. The van der Waals surface area contributed by atoms with Gasteiger partial charge in [0, 0.05) is 25.7 Å². The molecule has 0 aliphatic carbocycles. The average molecular weight is 291 g/mol. The topological polar surface area (TPSA) is 52.7 Å². The third-order valence-electron chi connectivity index (χ3n) is 3.86. The standard InChI is InChI=1S/C13H29N3O2S/c1-4-13-12-16(10-9-15(13)3)19(17,18)11-7-6-8-14-5-2/h13-14H,4-12H2,1-3H3. The van der Waals surface area contributed by atoms with Crippen molar-refractivity contribution >= 4 is 10.0 Å². The summed E-state index contributed by atoms with van der Waals surface area (Å²) in [5.41, 5.74) is 0. The van der Waals surface area contributed by atoms with E-state index >= 15 is 0 Å². The normalized spacial score (nSPS) is 22.8. The molecule has 5 nitrogen and oxygen atoms in total. The first-order valence-electron chi connectivity index (χ1n) is 7.40. The van der Waals surface area contributed by atoms with E-state index in [1.165, 1.54) is 0 Å². The van der Waals surface area contributed by atoms with Crippen LogP contribution in [0.2, 0.25) is 0 Å². The van der Waals surface area contributed by atoms with E-state index in [2.05, 4.69) is 31.1 Å². The highest BCUT2D eigenvalue weighted by Crippen LogP contribution is 2.15. The van der Waals surface area contributed by atoms with E-state index in [9.17, 15) is 8.42 Å². The molecule has 1 unspecified atom stereocenters. The molecule has 6 heteroatoms. The predicted molar refractivity (Wildman–Crippen MR) is 79.8 cm³/mol. The predicted octanol–water partition coefficient (Wildman–Crippen LogP) is 0.732. The first-order valence-corrected chi connectivity index (χ1v) is 9.01. The van der Waals surface area contributed by atoms with Crippen LogP contribution in [0.4, 0.5) is 0 Å².